The number of aromatic nitrogens is 2. The van der Waals surface area contributed by atoms with Crippen molar-refractivity contribution in [2.24, 2.45) is 7.05 Å². The van der Waals surface area contributed by atoms with Crippen LogP contribution in [0.25, 0.3) is 10.9 Å². The molecule has 0 fully saturated rings. The van der Waals surface area contributed by atoms with Crippen molar-refractivity contribution in [3.05, 3.63) is 29.5 Å². The minimum Gasteiger partial charge on any atom is -0.298 e. The number of hydrogen-bond acceptors (Lipinski definition) is 3. The molecule has 0 aliphatic carbocycles. The summed E-state index contributed by atoms with van der Waals surface area (Å²) >= 11 is 0. The minimum absolute atomic E-state index is 0.525. The van der Waals surface area contributed by atoms with E-state index in [0.717, 1.165) is 18.0 Å². The second kappa shape index (κ2) is 3.06. The first kappa shape index (κ1) is 8.62. The highest BCUT2D eigenvalue weighted by molar-refractivity contribution is 5.97. The van der Waals surface area contributed by atoms with Gasteiger partial charge in [-0.3, -0.25) is 14.3 Å². The highest BCUT2D eigenvalue weighted by Crippen LogP contribution is 2.17. The Balaban J connectivity index is 2.80. The molecule has 0 atom stereocenters. The van der Waals surface area contributed by atoms with Gasteiger partial charge in [0.15, 0.2) is 6.29 Å². The number of carbonyl (C=O) groups is 2. The van der Waals surface area contributed by atoms with Crippen LogP contribution < -0.4 is 0 Å². The molecule has 0 unspecified atom stereocenters. The van der Waals surface area contributed by atoms with Crippen molar-refractivity contribution >= 4 is 23.5 Å². The summed E-state index contributed by atoms with van der Waals surface area (Å²) in [6, 6.07) is 5.06. The topological polar surface area (TPSA) is 52.0 Å². The Kier molecular flexibility index (Phi) is 1.89. The Morgan fingerprint density at radius 2 is 2.07 bits per heavy atom. The number of nitrogens with zero attached hydrogens (tertiary/aromatic N) is 2. The fourth-order valence-electron chi connectivity index (χ4n) is 1.45. The molecule has 0 spiro atoms. The molecule has 0 bridgehead atoms. The maximum Gasteiger partial charge on any atom is 0.168 e. The summed E-state index contributed by atoms with van der Waals surface area (Å²) in [6.45, 7) is 0. The van der Waals surface area contributed by atoms with Gasteiger partial charge >= 0.3 is 0 Å². The van der Waals surface area contributed by atoms with E-state index in [1.54, 1.807) is 25.2 Å². The van der Waals surface area contributed by atoms with Crippen molar-refractivity contribution in [1.82, 2.24) is 9.78 Å². The lowest BCUT2D eigenvalue weighted by Crippen LogP contribution is -1.95. The van der Waals surface area contributed by atoms with Crippen LogP contribution in [0.15, 0.2) is 18.2 Å². The molecule has 0 radical (unpaired) electrons. The van der Waals surface area contributed by atoms with Crippen molar-refractivity contribution in [2.75, 3.05) is 0 Å². The Morgan fingerprint density at radius 3 is 2.71 bits per heavy atom. The van der Waals surface area contributed by atoms with E-state index in [0.29, 0.717) is 16.8 Å². The number of carbonyl (C=O) groups excluding carboxylic acids is 2. The summed E-state index contributed by atoms with van der Waals surface area (Å²) in [7, 11) is 1.70. The molecule has 0 amide bonds. The van der Waals surface area contributed by atoms with Gasteiger partial charge in [0, 0.05) is 18.0 Å². The molecule has 0 saturated carbocycles. The molecular weight excluding hydrogens is 180 g/mol. The van der Waals surface area contributed by atoms with Gasteiger partial charge in [-0.15, -0.1) is 0 Å². The molecule has 0 N–H and O–H groups in total. The lowest BCUT2D eigenvalue weighted by Gasteiger charge is -1.90. The van der Waals surface area contributed by atoms with E-state index < -0.39 is 0 Å². The standard InChI is InChI=1S/C10H8N2O2/c1-12-10(6-14)8-3-2-7(5-13)4-9(8)11-12/h2-6H,1H3. The third-order valence-corrected chi connectivity index (χ3v) is 2.15. The Labute approximate surface area is 80.1 Å². The van der Waals surface area contributed by atoms with Crippen molar-refractivity contribution in [3.63, 3.8) is 0 Å². The van der Waals surface area contributed by atoms with E-state index in [4.69, 9.17) is 0 Å². The highest BCUT2D eigenvalue weighted by Gasteiger charge is 2.07. The second-order valence-electron chi connectivity index (χ2n) is 3.02. The van der Waals surface area contributed by atoms with Crippen LogP contribution in [0.4, 0.5) is 0 Å². The molecule has 4 nitrogen and oxygen atoms in total. The Morgan fingerprint density at radius 1 is 1.29 bits per heavy atom. The minimum atomic E-state index is 0.525. The van der Waals surface area contributed by atoms with Crippen LogP contribution >= 0.6 is 0 Å². The molecule has 70 valence electrons. The van der Waals surface area contributed by atoms with Crippen LogP contribution in [0, 0.1) is 0 Å². The third kappa shape index (κ3) is 1.12. The van der Waals surface area contributed by atoms with E-state index in [1.165, 1.54) is 4.68 Å². The average molecular weight is 188 g/mol. The first-order chi connectivity index (χ1) is 6.76. The fourth-order valence-corrected chi connectivity index (χ4v) is 1.45. The first-order valence-corrected chi connectivity index (χ1v) is 4.13. The quantitative estimate of drug-likeness (QED) is 0.665. The van der Waals surface area contributed by atoms with Crippen molar-refractivity contribution < 1.29 is 9.59 Å². The van der Waals surface area contributed by atoms with E-state index in [1.807, 2.05) is 0 Å². The van der Waals surface area contributed by atoms with Gasteiger partial charge in [0.1, 0.15) is 12.0 Å². The largest absolute Gasteiger partial charge is 0.298 e. The van der Waals surface area contributed by atoms with Crippen LogP contribution in [0.2, 0.25) is 0 Å². The molecule has 2 rings (SSSR count). The first-order valence-electron chi connectivity index (χ1n) is 4.13. The van der Waals surface area contributed by atoms with Gasteiger partial charge in [-0.1, -0.05) is 6.07 Å². The molecule has 0 saturated heterocycles. The molecule has 0 aliphatic rings. The van der Waals surface area contributed by atoms with Gasteiger partial charge in [-0.2, -0.15) is 5.10 Å². The number of aryl methyl sites for hydroxylation is 1. The highest BCUT2D eigenvalue weighted by atomic mass is 16.1. The van der Waals surface area contributed by atoms with Gasteiger partial charge in [-0.25, -0.2) is 0 Å². The SMILES string of the molecule is Cn1nc2cc(C=O)ccc2c1C=O. The molecule has 14 heavy (non-hydrogen) atoms. The molecule has 1 aromatic carbocycles. The van der Waals surface area contributed by atoms with Crippen molar-refractivity contribution in [2.45, 2.75) is 0 Å². The molecule has 2 aromatic rings. The smallest absolute Gasteiger partial charge is 0.168 e. The summed E-state index contributed by atoms with van der Waals surface area (Å²) in [5, 5.41) is 4.89. The lowest BCUT2D eigenvalue weighted by molar-refractivity contribution is 0.111. The number of benzene rings is 1. The van der Waals surface area contributed by atoms with Gasteiger partial charge in [0.05, 0.1) is 5.52 Å². The summed E-state index contributed by atoms with van der Waals surface area (Å²) in [4.78, 5) is 21.2. The van der Waals surface area contributed by atoms with Gasteiger partial charge in [-0.05, 0) is 12.1 Å². The molecule has 1 heterocycles. The van der Waals surface area contributed by atoms with Crippen LogP contribution in [-0.2, 0) is 7.05 Å². The fraction of sp³-hybridized carbons (Fsp3) is 0.100. The molecule has 4 heteroatoms. The summed E-state index contributed by atoms with van der Waals surface area (Å²) in [6.07, 6.45) is 1.52. The summed E-state index contributed by atoms with van der Waals surface area (Å²) in [5.74, 6) is 0. The summed E-state index contributed by atoms with van der Waals surface area (Å²) in [5.41, 5.74) is 1.75. The zero-order valence-electron chi connectivity index (χ0n) is 7.60. The van der Waals surface area contributed by atoms with Crippen molar-refractivity contribution in [1.29, 1.82) is 0 Å². The number of hydrogen-bond donors (Lipinski definition) is 0. The summed E-state index contributed by atoms with van der Waals surface area (Å²) < 4.78 is 1.51. The maximum absolute atomic E-state index is 10.7. The molecule has 0 aliphatic heterocycles. The number of fused-ring (bicyclic) bond motifs is 1. The van der Waals surface area contributed by atoms with Crippen LogP contribution in [-0.4, -0.2) is 22.4 Å². The normalized spacial score (nSPS) is 10.4. The van der Waals surface area contributed by atoms with Gasteiger partial charge in [0.2, 0.25) is 0 Å². The average Bonchev–Trinajstić information content (AvgIpc) is 2.51. The van der Waals surface area contributed by atoms with Gasteiger partial charge in [0.25, 0.3) is 0 Å². The monoisotopic (exact) mass is 188 g/mol. The molecular formula is C10H8N2O2. The third-order valence-electron chi connectivity index (χ3n) is 2.15. The zero-order chi connectivity index (χ0) is 10.1. The molecule has 1 aromatic heterocycles. The lowest BCUT2D eigenvalue weighted by atomic mass is 10.1. The van der Waals surface area contributed by atoms with E-state index in [2.05, 4.69) is 5.10 Å². The maximum atomic E-state index is 10.7. The van der Waals surface area contributed by atoms with Gasteiger partial charge < -0.3 is 0 Å². The van der Waals surface area contributed by atoms with E-state index in [9.17, 15) is 9.59 Å². The number of rotatable bonds is 2. The predicted octanol–water partition coefficient (Wildman–Crippen LogP) is 1.20. The number of aldehydes is 2. The zero-order valence-corrected chi connectivity index (χ0v) is 7.60. The van der Waals surface area contributed by atoms with Crippen LogP contribution in [0.3, 0.4) is 0 Å². The second-order valence-corrected chi connectivity index (χ2v) is 3.02. The van der Waals surface area contributed by atoms with Crippen molar-refractivity contribution in [3.8, 4) is 0 Å². The van der Waals surface area contributed by atoms with E-state index >= 15 is 0 Å². The van der Waals surface area contributed by atoms with Crippen LogP contribution in [0.5, 0.6) is 0 Å². The Hall–Kier alpha value is -1.97. The predicted molar refractivity (Wildman–Crippen MR) is 51.5 cm³/mol. The van der Waals surface area contributed by atoms with E-state index in [-0.39, 0.29) is 0 Å². The Bertz CT molecular complexity index is 514. The van der Waals surface area contributed by atoms with Crippen LogP contribution in [0.1, 0.15) is 20.8 Å².